The van der Waals surface area contributed by atoms with Gasteiger partial charge in [-0.1, -0.05) is 0 Å². The number of rotatable bonds is 3. The highest BCUT2D eigenvalue weighted by molar-refractivity contribution is 7.07. The maximum absolute atomic E-state index is 12.5. The van der Waals surface area contributed by atoms with Gasteiger partial charge in [0.2, 0.25) is 5.91 Å². The smallest absolute Gasteiger partial charge is 0.227 e. The predicted octanol–water partition coefficient (Wildman–Crippen LogP) is 1.28. The summed E-state index contributed by atoms with van der Waals surface area (Å²) in [6, 6.07) is 2.21. The molecule has 1 aromatic rings. The van der Waals surface area contributed by atoms with Gasteiger partial charge in [0.1, 0.15) is 0 Å². The average molecular weight is 352 g/mol. The Morgan fingerprint density at radius 3 is 2.83 bits per heavy atom. The molecule has 2 fully saturated rings. The van der Waals surface area contributed by atoms with Crippen LogP contribution < -0.4 is 0 Å². The van der Waals surface area contributed by atoms with Crippen molar-refractivity contribution in [3.63, 3.8) is 0 Å². The summed E-state index contributed by atoms with van der Waals surface area (Å²) in [5, 5.41) is 14.7. The molecule has 2 aliphatic heterocycles. The van der Waals surface area contributed by atoms with Gasteiger partial charge in [0, 0.05) is 32.2 Å². The monoisotopic (exact) mass is 351 g/mol. The molecule has 1 amide bonds. The van der Waals surface area contributed by atoms with E-state index in [0.717, 1.165) is 51.1 Å². The minimum atomic E-state index is -0.327. The SMILES string of the molecule is CN1CCCN([C@H]2CCN(C(=O)Cc3ccsc3)CC[C@@H]2O)CC1. The van der Waals surface area contributed by atoms with Crippen LogP contribution in [0, 0.1) is 0 Å². The summed E-state index contributed by atoms with van der Waals surface area (Å²) in [5.41, 5.74) is 1.10. The predicted molar refractivity (Wildman–Crippen MR) is 97.3 cm³/mol. The number of carbonyl (C=O) groups excluding carboxylic acids is 1. The zero-order valence-electron chi connectivity index (χ0n) is 14.6. The van der Waals surface area contributed by atoms with E-state index in [1.807, 2.05) is 21.7 Å². The van der Waals surface area contributed by atoms with Gasteiger partial charge in [-0.2, -0.15) is 11.3 Å². The number of carbonyl (C=O) groups is 1. The molecule has 0 aromatic carbocycles. The summed E-state index contributed by atoms with van der Waals surface area (Å²) in [7, 11) is 2.16. The molecule has 0 spiro atoms. The standard InChI is InChI=1S/C18H29N3O2S/c1-19-6-2-7-20(11-10-19)16-3-8-21(9-4-17(16)22)18(23)13-15-5-12-24-14-15/h5,12,14,16-17,22H,2-4,6-11,13H2,1H3/t16-,17-/m0/s1. The topological polar surface area (TPSA) is 47.0 Å². The van der Waals surface area contributed by atoms with Crippen LogP contribution in [-0.4, -0.2) is 84.2 Å². The summed E-state index contributed by atoms with van der Waals surface area (Å²) in [6.07, 6.45) is 2.87. The van der Waals surface area contributed by atoms with E-state index in [0.29, 0.717) is 19.4 Å². The molecule has 0 unspecified atom stereocenters. The average Bonchev–Trinajstić information content (AvgIpc) is 2.87. The lowest BCUT2D eigenvalue weighted by Gasteiger charge is -2.32. The van der Waals surface area contributed by atoms with Gasteiger partial charge in [0.15, 0.2) is 0 Å². The Morgan fingerprint density at radius 1 is 1.21 bits per heavy atom. The summed E-state index contributed by atoms with van der Waals surface area (Å²) >= 11 is 1.63. The number of amides is 1. The maximum Gasteiger partial charge on any atom is 0.227 e. The van der Waals surface area contributed by atoms with Crippen molar-refractivity contribution in [2.24, 2.45) is 0 Å². The van der Waals surface area contributed by atoms with E-state index in [4.69, 9.17) is 0 Å². The van der Waals surface area contributed by atoms with Crippen LogP contribution in [0.15, 0.2) is 16.8 Å². The minimum absolute atomic E-state index is 0.190. The number of hydrogen-bond acceptors (Lipinski definition) is 5. The van der Waals surface area contributed by atoms with Gasteiger partial charge in [-0.25, -0.2) is 0 Å². The molecule has 0 bridgehead atoms. The number of thiophene rings is 1. The van der Waals surface area contributed by atoms with Crippen LogP contribution in [0.25, 0.3) is 0 Å². The minimum Gasteiger partial charge on any atom is -0.391 e. The first-order valence-electron chi connectivity index (χ1n) is 9.03. The van der Waals surface area contributed by atoms with Gasteiger partial charge in [0.05, 0.1) is 12.5 Å². The molecule has 5 nitrogen and oxygen atoms in total. The van der Waals surface area contributed by atoms with Crippen LogP contribution in [0.1, 0.15) is 24.8 Å². The van der Waals surface area contributed by atoms with Crippen LogP contribution in [0.2, 0.25) is 0 Å². The van der Waals surface area contributed by atoms with E-state index < -0.39 is 0 Å². The fourth-order valence-corrected chi connectivity index (χ4v) is 4.49. The fraction of sp³-hybridized carbons (Fsp3) is 0.722. The van der Waals surface area contributed by atoms with Crippen molar-refractivity contribution in [2.75, 3.05) is 46.3 Å². The second-order valence-electron chi connectivity index (χ2n) is 7.09. The molecule has 3 rings (SSSR count). The number of aliphatic hydroxyl groups is 1. The lowest BCUT2D eigenvalue weighted by Crippen LogP contribution is -2.45. The number of aliphatic hydroxyl groups excluding tert-OH is 1. The van der Waals surface area contributed by atoms with E-state index >= 15 is 0 Å². The van der Waals surface area contributed by atoms with Crippen molar-refractivity contribution in [3.05, 3.63) is 22.4 Å². The van der Waals surface area contributed by atoms with Crippen LogP contribution in [0.4, 0.5) is 0 Å². The Bertz CT molecular complexity index is 522. The van der Waals surface area contributed by atoms with Crippen LogP contribution >= 0.6 is 11.3 Å². The van der Waals surface area contributed by atoms with E-state index in [2.05, 4.69) is 16.8 Å². The molecule has 1 aromatic heterocycles. The zero-order chi connectivity index (χ0) is 16.9. The highest BCUT2D eigenvalue weighted by Crippen LogP contribution is 2.20. The molecule has 0 radical (unpaired) electrons. The van der Waals surface area contributed by atoms with Crippen molar-refractivity contribution < 1.29 is 9.90 Å². The molecular formula is C18H29N3O2S. The Balaban J connectivity index is 1.57. The zero-order valence-corrected chi connectivity index (χ0v) is 15.4. The Hall–Kier alpha value is -0.950. The van der Waals surface area contributed by atoms with Crippen molar-refractivity contribution in [1.82, 2.24) is 14.7 Å². The van der Waals surface area contributed by atoms with Gasteiger partial charge in [0.25, 0.3) is 0 Å². The molecule has 0 saturated carbocycles. The van der Waals surface area contributed by atoms with Gasteiger partial charge in [-0.05, 0) is 61.8 Å². The summed E-state index contributed by atoms with van der Waals surface area (Å²) in [4.78, 5) is 19.3. The number of hydrogen-bond donors (Lipinski definition) is 1. The van der Waals surface area contributed by atoms with E-state index in [1.165, 1.54) is 0 Å². The van der Waals surface area contributed by atoms with Crippen LogP contribution in [-0.2, 0) is 11.2 Å². The quantitative estimate of drug-likeness (QED) is 0.891. The van der Waals surface area contributed by atoms with Gasteiger partial charge < -0.3 is 14.9 Å². The first-order valence-corrected chi connectivity index (χ1v) is 9.97. The molecule has 1 N–H and O–H groups in total. The lowest BCUT2D eigenvalue weighted by molar-refractivity contribution is -0.130. The fourth-order valence-electron chi connectivity index (χ4n) is 3.83. The molecule has 24 heavy (non-hydrogen) atoms. The first-order chi connectivity index (χ1) is 11.6. The molecule has 134 valence electrons. The molecule has 2 atom stereocenters. The number of nitrogens with zero attached hydrogens (tertiary/aromatic N) is 3. The van der Waals surface area contributed by atoms with Gasteiger partial charge in [-0.15, -0.1) is 0 Å². The van der Waals surface area contributed by atoms with Crippen LogP contribution in [0.5, 0.6) is 0 Å². The summed E-state index contributed by atoms with van der Waals surface area (Å²) < 4.78 is 0. The third-order valence-corrected chi connectivity index (χ3v) is 6.08. The third-order valence-electron chi connectivity index (χ3n) is 5.34. The summed E-state index contributed by atoms with van der Waals surface area (Å²) in [5.74, 6) is 0.192. The normalized spacial score (nSPS) is 27.7. The van der Waals surface area contributed by atoms with Crippen molar-refractivity contribution in [2.45, 2.75) is 37.8 Å². The second-order valence-corrected chi connectivity index (χ2v) is 7.87. The van der Waals surface area contributed by atoms with Gasteiger partial charge in [-0.3, -0.25) is 9.69 Å². The highest BCUT2D eigenvalue weighted by atomic mass is 32.1. The number of likely N-dealkylation sites (N-methyl/N-ethyl adjacent to an activating group) is 1. The molecule has 2 aliphatic rings. The van der Waals surface area contributed by atoms with Crippen molar-refractivity contribution in [3.8, 4) is 0 Å². The summed E-state index contributed by atoms with van der Waals surface area (Å²) in [6.45, 7) is 5.69. The first kappa shape index (κ1) is 17.9. The molecule has 0 aliphatic carbocycles. The Kier molecular flexibility index (Phi) is 6.27. The molecular weight excluding hydrogens is 322 g/mol. The van der Waals surface area contributed by atoms with E-state index in [1.54, 1.807) is 11.3 Å². The molecule has 6 heteroatoms. The molecule has 2 saturated heterocycles. The lowest BCUT2D eigenvalue weighted by atomic mass is 10.0. The van der Waals surface area contributed by atoms with E-state index in [9.17, 15) is 9.90 Å². The largest absolute Gasteiger partial charge is 0.391 e. The van der Waals surface area contributed by atoms with Crippen LogP contribution in [0.3, 0.4) is 0 Å². The Labute approximate surface area is 148 Å². The van der Waals surface area contributed by atoms with Gasteiger partial charge >= 0.3 is 0 Å². The third kappa shape index (κ3) is 4.57. The van der Waals surface area contributed by atoms with E-state index in [-0.39, 0.29) is 18.1 Å². The Morgan fingerprint density at radius 2 is 2.04 bits per heavy atom. The van der Waals surface area contributed by atoms with Crippen molar-refractivity contribution >= 4 is 17.2 Å². The second kappa shape index (κ2) is 8.43. The number of likely N-dealkylation sites (tertiary alicyclic amines) is 1. The van der Waals surface area contributed by atoms with Crippen molar-refractivity contribution in [1.29, 1.82) is 0 Å². The molecule has 3 heterocycles. The maximum atomic E-state index is 12.5. The highest BCUT2D eigenvalue weighted by Gasteiger charge is 2.31.